The standard InChI is InChI=1S/C15H20ClN3O2/c1-10(19-8-2-3-11(9-19)14(17)20)15(21)18-13-6-4-12(16)5-7-13/h4-7,10-11H,2-3,8-9H2,1H3,(H2,17,20)(H,18,21)/p+1/t10-,11+/m1/s1. The Labute approximate surface area is 129 Å². The molecular formula is C15H21ClN3O2+. The highest BCUT2D eigenvalue weighted by molar-refractivity contribution is 6.30. The van der Waals surface area contributed by atoms with Crippen LogP contribution in [0.15, 0.2) is 24.3 Å². The molecular weight excluding hydrogens is 290 g/mol. The van der Waals surface area contributed by atoms with Crippen molar-refractivity contribution in [2.45, 2.75) is 25.8 Å². The fourth-order valence-electron chi connectivity index (χ4n) is 2.70. The Balaban J connectivity index is 1.95. The van der Waals surface area contributed by atoms with Gasteiger partial charge in [-0.2, -0.15) is 0 Å². The third kappa shape index (κ3) is 4.19. The van der Waals surface area contributed by atoms with Crippen molar-refractivity contribution >= 4 is 29.1 Å². The first-order valence-corrected chi connectivity index (χ1v) is 7.55. The van der Waals surface area contributed by atoms with E-state index < -0.39 is 0 Å². The van der Waals surface area contributed by atoms with E-state index in [1.54, 1.807) is 24.3 Å². The summed E-state index contributed by atoms with van der Waals surface area (Å²) in [5, 5.41) is 3.51. The highest BCUT2D eigenvalue weighted by atomic mass is 35.5. The first-order chi connectivity index (χ1) is 9.97. The van der Waals surface area contributed by atoms with Gasteiger partial charge in [0.2, 0.25) is 5.91 Å². The van der Waals surface area contributed by atoms with Crippen molar-refractivity contribution in [1.82, 2.24) is 0 Å². The number of benzene rings is 1. The van der Waals surface area contributed by atoms with Gasteiger partial charge in [0, 0.05) is 10.7 Å². The predicted molar refractivity (Wildman–Crippen MR) is 82.2 cm³/mol. The number of quaternary nitrogens is 1. The minimum absolute atomic E-state index is 0.0579. The molecule has 0 aromatic heterocycles. The number of halogens is 1. The number of nitrogens with two attached hydrogens (primary N) is 1. The molecule has 1 aliphatic rings. The summed E-state index contributed by atoms with van der Waals surface area (Å²) >= 11 is 5.82. The maximum absolute atomic E-state index is 12.3. The van der Waals surface area contributed by atoms with Crippen LogP contribution in [0.1, 0.15) is 19.8 Å². The summed E-state index contributed by atoms with van der Waals surface area (Å²) in [6, 6.07) is 6.79. The van der Waals surface area contributed by atoms with Crippen molar-refractivity contribution < 1.29 is 14.5 Å². The van der Waals surface area contributed by atoms with Crippen molar-refractivity contribution in [3.63, 3.8) is 0 Å². The lowest BCUT2D eigenvalue weighted by atomic mass is 9.96. The van der Waals surface area contributed by atoms with Gasteiger partial charge in [-0.25, -0.2) is 0 Å². The number of amides is 2. The molecule has 0 radical (unpaired) electrons. The van der Waals surface area contributed by atoms with Crippen LogP contribution in [0.2, 0.25) is 5.02 Å². The largest absolute Gasteiger partial charge is 0.369 e. The van der Waals surface area contributed by atoms with E-state index in [1.165, 1.54) is 0 Å². The summed E-state index contributed by atoms with van der Waals surface area (Å²) < 4.78 is 0. The Morgan fingerprint density at radius 1 is 1.38 bits per heavy atom. The maximum Gasteiger partial charge on any atom is 0.282 e. The number of primary amides is 1. The first kappa shape index (κ1) is 15.8. The number of hydrogen-bond donors (Lipinski definition) is 3. The number of carbonyl (C=O) groups excluding carboxylic acids is 2. The Morgan fingerprint density at radius 3 is 2.67 bits per heavy atom. The molecule has 2 amide bonds. The van der Waals surface area contributed by atoms with Crippen molar-refractivity contribution in [1.29, 1.82) is 0 Å². The molecule has 2 rings (SSSR count). The highest BCUT2D eigenvalue weighted by Gasteiger charge is 2.33. The summed E-state index contributed by atoms with van der Waals surface area (Å²) in [6.07, 6.45) is 1.74. The molecule has 1 aromatic carbocycles. The highest BCUT2D eigenvalue weighted by Crippen LogP contribution is 2.13. The third-order valence-corrected chi connectivity index (χ3v) is 4.33. The molecule has 0 spiro atoms. The van der Waals surface area contributed by atoms with Crippen LogP contribution in [-0.2, 0) is 9.59 Å². The average molecular weight is 311 g/mol. The zero-order chi connectivity index (χ0) is 15.4. The molecule has 114 valence electrons. The molecule has 0 saturated carbocycles. The van der Waals surface area contributed by atoms with Gasteiger partial charge in [-0.3, -0.25) is 9.59 Å². The number of piperidine rings is 1. The quantitative estimate of drug-likeness (QED) is 0.755. The van der Waals surface area contributed by atoms with Gasteiger partial charge in [-0.05, 0) is 44.0 Å². The Morgan fingerprint density at radius 2 is 2.05 bits per heavy atom. The van der Waals surface area contributed by atoms with Gasteiger partial charge in [0.05, 0.1) is 19.0 Å². The summed E-state index contributed by atoms with van der Waals surface area (Å²) in [5.41, 5.74) is 6.10. The molecule has 1 fully saturated rings. The van der Waals surface area contributed by atoms with Gasteiger partial charge < -0.3 is 16.0 Å². The molecule has 5 nitrogen and oxygen atoms in total. The van der Waals surface area contributed by atoms with Gasteiger partial charge in [0.1, 0.15) is 0 Å². The molecule has 4 N–H and O–H groups in total. The van der Waals surface area contributed by atoms with Crippen molar-refractivity contribution in [3.05, 3.63) is 29.3 Å². The normalized spacial score (nSPS) is 23.3. The van der Waals surface area contributed by atoms with Crippen LogP contribution in [0.25, 0.3) is 0 Å². The summed E-state index contributed by atoms with van der Waals surface area (Å²) in [4.78, 5) is 24.7. The van der Waals surface area contributed by atoms with E-state index in [0.717, 1.165) is 30.0 Å². The van der Waals surface area contributed by atoms with E-state index in [4.69, 9.17) is 17.3 Å². The summed E-state index contributed by atoms with van der Waals surface area (Å²) in [7, 11) is 0. The minimum Gasteiger partial charge on any atom is -0.369 e. The molecule has 21 heavy (non-hydrogen) atoms. The molecule has 1 heterocycles. The van der Waals surface area contributed by atoms with Crippen molar-refractivity contribution in [2.24, 2.45) is 11.7 Å². The predicted octanol–water partition coefficient (Wildman–Crippen LogP) is 0.447. The van der Waals surface area contributed by atoms with Crippen LogP contribution in [-0.4, -0.2) is 30.9 Å². The lowest BCUT2D eigenvalue weighted by molar-refractivity contribution is -0.921. The lowest BCUT2D eigenvalue weighted by Crippen LogP contribution is -3.18. The second-order valence-corrected chi connectivity index (χ2v) is 6.01. The summed E-state index contributed by atoms with van der Waals surface area (Å²) in [5.74, 6) is -0.450. The lowest BCUT2D eigenvalue weighted by Gasteiger charge is -2.31. The van der Waals surface area contributed by atoms with Crippen LogP contribution < -0.4 is 16.0 Å². The zero-order valence-corrected chi connectivity index (χ0v) is 12.8. The number of hydrogen-bond acceptors (Lipinski definition) is 2. The van der Waals surface area contributed by atoms with E-state index in [0.29, 0.717) is 11.6 Å². The van der Waals surface area contributed by atoms with Crippen molar-refractivity contribution in [3.8, 4) is 0 Å². The monoisotopic (exact) mass is 310 g/mol. The third-order valence-electron chi connectivity index (χ3n) is 4.08. The van der Waals surface area contributed by atoms with Crippen LogP contribution in [0.4, 0.5) is 5.69 Å². The van der Waals surface area contributed by atoms with E-state index >= 15 is 0 Å². The van der Waals surface area contributed by atoms with E-state index in [-0.39, 0.29) is 23.8 Å². The second-order valence-electron chi connectivity index (χ2n) is 5.57. The average Bonchev–Trinajstić information content (AvgIpc) is 2.49. The molecule has 0 aliphatic carbocycles. The topological polar surface area (TPSA) is 76.6 Å². The molecule has 3 atom stereocenters. The first-order valence-electron chi connectivity index (χ1n) is 7.17. The smallest absolute Gasteiger partial charge is 0.282 e. The molecule has 1 aliphatic heterocycles. The number of anilines is 1. The fraction of sp³-hybridized carbons (Fsp3) is 0.467. The van der Waals surface area contributed by atoms with Crippen LogP contribution in [0, 0.1) is 5.92 Å². The number of carbonyl (C=O) groups is 2. The van der Waals surface area contributed by atoms with Gasteiger partial charge in [-0.15, -0.1) is 0 Å². The van der Waals surface area contributed by atoms with Gasteiger partial charge >= 0.3 is 0 Å². The van der Waals surface area contributed by atoms with Gasteiger partial charge in [0.25, 0.3) is 5.91 Å². The Bertz CT molecular complexity index is 518. The fourth-order valence-corrected chi connectivity index (χ4v) is 2.83. The van der Waals surface area contributed by atoms with Gasteiger partial charge in [-0.1, -0.05) is 11.6 Å². The van der Waals surface area contributed by atoms with E-state index in [2.05, 4.69) is 5.32 Å². The Kier molecular flexibility index (Phi) is 5.20. The summed E-state index contributed by atoms with van der Waals surface area (Å²) in [6.45, 7) is 3.40. The van der Waals surface area contributed by atoms with Crippen LogP contribution >= 0.6 is 11.6 Å². The van der Waals surface area contributed by atoms with Crippen molar-refractivity contribution in [2.75, 3.05) is 18.4 Å². The molecule has 0 bridgehead atoms. The molecule has 6 heteroatoms. The molecule has 1 aromatic rings. The Hall–Kier alpha value is -1.59. The second kappa shape index (κ2) is 6.91. The SMILES string of the molecule is C[C@H](C(=O)Nc1ccc(Cl)cc1)[NH+]1CCC[C@H](C(N)=O)C1. The molecule has 1 saturated heterocycles. The van der Waals surface area contributed by atoms with Gasteiger partial charge in [0.15, 0.2) is 6.04 Å². The number of rotatable bonds is 4. The zero-order valence-electron chi connectivity index (χ0n) is 12.1. The maximum atomic E-state index is 12.3. The van der Waals surface area contributed by atoms with E-state index in [9.17, 15) is 9.59 Å². The number of likely N-dealkylation sites (tertiary alicyclic amines) is 1. The minimum atomic E-state index is -0.266. The van der Waals surface area contributed by atoms with E-state index in [1.807, 2.05) is 6.92 Å². The number of nitrogens with one attached hydrogen (secondary N) is 2. The van der Waals surface area contributed by atoms with Crippen LogP contribution in [0.3, 0.4) is 0 Å². The molecule has 1 unspecified atom stereocenters. The van der Waals surface area contributed by atoms with Crippen LogP contribution in [0.5, 0.6) is 0 Å².